The molecule has 3 rings (SSSR count). The molecule has 0 aromatic heterocycles. The minimum absolute atomic E-state index is 0.00517. The van der Waals surface area contributed by atoms with Crippen LogP contribution in [0.25, 0.3) is 0 Å². The van der Waals surface area contributed by atoms with E-state index in [1.54, 1.807) is 20.8 Å². The minimum atomic E-state index is -1.72. The summed E-state index contributed by atoms with van der Waals surface area (Å²) in [7, 11) is 1.18. The summed E-state index contributed by atoms with van der Waals surface area (Å²) < 4.78 is 22.6. The van der Waals surface area contributed by atoms with E-state index < -0.39 is 127 Å². The van der Waals surface area contributed by atoms with Crippen LogP contribution in [0.2, 0.25) is 0 Å². The molecule has 23 nitrogen and oxygen atoms in total. The molecule has 0 aromatic rings. The van der Waals surface area contributed by atoms with Crippen molar-refractivity contribution in [3.05, 3.63) is 0 Å². The lowest BCUT2D eigenvalue weighted by atomic mass is 9.90. The highest BCUT2D eigenvalue weighted by Gasteiger charge is 2.54. The van der Waals surface area contributed by atoms with Gasteiger partial charge in [-0.3, -0.25) is 38.4 Å². The fraction of sp³-hybridized carbons (Fsp3) is 0.800. The van der Waals surface area contributed by atoms with Gasteiger partial charge in [0.1, 0.15) is 55.5 Å². The molecule has 3 aliphatic rings. The molecule has 0 unspecified atom stereocenters. The number of methoxy groups -OCH3 is 1. The van der Waals surface area contributed by atoms with Crippen molar-refractivity contribution in [1.82, 2.24) is 47.9 Å². The van der Waals surface area contributed by atoms with Gasteiger partial charge in [0.25, 0.3) is 0 Å². The molecular weight excluding hydrogens is 951 g/mol. The second-order valence-corrected chi connectivity index (χ2v) is 24.5. The van der Waals surface area contributed by atoms with E-state index >= 15 is 0 Å². The van der Waals surface area contributed by atoms with Gasteiger partial charge < -0.3 is 66.8 Å². The van der Waals surface area contributed by atoms with Crippen LogP contribution in [0.3, 0.4) is 0 Å². The number of hydrogen-bond donors (Lipinski definition) is 9. The van der Waals surface area contributed by atoms with Crippen molar-refractivity contribution in [3.63, 3.8) is 0 Å². The summed E-state index contributed by atoms with van der Waals surface area (Å²) >= 11 is 0. The lowest BCUT2D eigenvalue weighted by molar-refractivity contribution is -0.150. The predicted molar refractivity (Wildman–Crippen MR) is 267 cm³/mol. The zero-order valence-corrected chi connectivity index (χ0v) is 46.4. The first-order valence-corrected chi connectivity index (χ1v) is 24.9. The van der Waals surface area contributed by atoms with Crippen molar-refractivity contribution in [1.29, 1.82) is 0 Å². The van der Waals surface area contributed by atoms with Gasteiger partial charge in [-0.05, 0) is 156 Å². The van der Waals surface area contributed by atoms with Gasteiger partial charge in [0.2, 0.25) is 47.3 Å². The maximum Gasteiger partial charge on any atom is 0.408 e. The SMILES string of the molecule is COC(=O)C(C)(C)NC(=O)C(C)(C)NC(=O)[C@@]12CC[C@@H](C1)OCCCCO[C@H]1CC[C@](NC(=O)C(C)(C)NC(=O)C(C)(C)NC(=O)OC(C)(C)C)(C1)C(=O)NC(C)(C)C(=O)NC(C)(C)C(=O)NC(C)(C)C(=O)N2. The number of carbonyl (C=O) groups is 10. The molecule has 2 saturated carbocycles. The zero-order chi connectivity index (χ0) is 56.2. The average Bonchev–Trinajstić information content (AvgIpc) is 3.84. The Hall–Kier alpha value is -5.58. The molecule has 0 radical (unpaired) electrons. The third kappa shape index (κ3) is 16.0. The number of amides is 9. The van der Waals surface area contributed by atoms with Crippen LogP contribution in [0.5, 0.6) is 0 Å². The number of hydrogen-bond acceptors (Lipinski definition) is 14. The van der Waals surface area contributed by atoms with Crippen LogP contribution in [0.15, 0.2) is 0 Å². The van der Waals surface area contributed by atoms with Crippen molar-refractivity contribution < 1.29 is 66.9 Å². The Kier molecular flexibility index (Phi) is 18.7. The molecule has 1 heterocycles. The van der Waals surface area contributed by atoms with Gasteiger partial charge >= 0.3 is 12.1 Å². The fourth-order valence-electron chi connectivity index (χ4n) is 8.26. The maximum atomic E-state index is 14.6. The van der Waals surface area contributed by atoms with Crippen molar-refractivity contribution in [3.8, 4) is 0 Å². The molecule has 4 atom stereocenters. The van der Waals surface area contributed by atoms with Crippen molar-refractivity contribution in [2.45, 2.75) is 237 Å². The molecule has 414 valence electrons. The number of alkyl carbamates (subject to hydrolysis) is 1. The van der Waals surface area contributed by atoms with Crippen molar-refractivity contribution in [2.24, 2.45) is 0 Å². The summed E-state index contributed by atoms with van der Waals surface area (Å²) in [5, 5.41) is 24.4. The monoisotopic (exact) mass is 1040 g/mol. The molecule has 9 N–H and O–H groups in total. The van der Waals surface area contributed by atoms with E-state index in [2.05, 4.69) is 47.9 Å². The van der Waals surface area contributed by atoms with E-state index in [1.165, 1.54) is 104 Å². The van der Waals surface area contributed by atoms with Crippen LogP contribution in [0.1, 0.15) is 169 Å². The summed E-state index contributed by atoms with van der Waals surface area (Å²) in [6.45, 7) is 25.6. The van der Waals surface area contributed by atoms with Gasteiger partial charge in [0, 0.05) is 26.1 Å². The molecule has 0 spiro atoms. The highest BCUT2D eigenvalue weighted by Crippen LogP contribution is 2.36. The van der Waals surface area contributed by atoms with Crippen molar-refractivity contribution >= 4 is 59.3 Å². The van der Waals surface area contributed by atoms with E-state index in [9.17, 15) is 47.9 Å². The molecule has 73 heavy (non-hydrogen) atoms. The first kappa shape index (κ1) is 61.7. The maximum absolute atomic E-state index is 14.6. The normalized spacial score (nSPS) is 25.5. The minimum Gasteiger partial charge on any atom is -0.467 e. The Morgan fingerprint density at radius 2 is 0.945 bits per heavy atom. The topological polar surface area (TPSA) is 316 Å². The van der Waals surface area contributed by atoms with Gasteiger partial charge in [-0.2, -0.15) is 0 Å². The third-order valence-corrected chi connectivity index (χ3v) is 13.2. The highest BCUT2D eigenvalue weighted by molar-refractivity contribution is 6.03. The van der Waals surface area contributed by atoms with Crippen LogP contribution in [0.4, 0.5) is 4.79 Å². The van der Waals surface area contributed by atoms with Crippen LogP contribution in [-0.2, 0) is 62.1 Å². The lowest BCUT2D eigenvalue weighted by Crippen LogP contribution is -2.70. The van der Waals surface area contributed by atoms with E-state index in [0.717, 1.165) is 0 Å². The second kappa shape index (κ2) is 22.1. The number of fused-ring (bicyclic) bond motifs is 4. The molecule has 0 aromatic carbocycles. The number of ether oxygens (including phenoxy) is 4. The summed E-state index contributed by atoms with van der Waals surface area (Å²) in [5.74, 6) is -6.65. The van der Waals surface area contributed by atoms with E-state index in [0.29, 0.717) is 25.7 Å². The van der Waals surface area contributed by atoms with Crippen LogP contribution in [0, 0.1) is 0 Å². The summed E-state index contributed by atoms with van der Waals surface area (Å²) in [6, 6.07) is 0. The lowest BCUT2D eigenvalue weighted by Gasteiger charge is -2.39. The van der Waals surface area contributed by atoms with Crippen LogP contribution in [-0.4, -0.2) is 147 Å². The fourth-order valence-corrected chi connectivity index (χ4v) is 8.26. The molecule has 9 amide bonds. The summed E-state index contributed by atoms with van der Waals surface area (Å²) in [4.78, 5) is 138. The zero-order valence-electron chi connectivity index (χ0n) is 46.4. The van der Waals surface area contributed by atoms with E-state index in [-0.39, 0.29) is 38.9 Å². The average molecular weight is 1040 g/mol. The molecule has 1 saturated heterocycles. The molecule has 3 fully saturated rings. The smallest absolute Gasteiger partial charge is 0.408 e. The molecule has 4 bridgehead atoms. The number of carbonyl (C=O) groups excluding carboxylic acids is 10. The first-order valence-electron chi connectivity index (χ1n) is 24.9. The quantitative estimate of drug-likeness (QED) is 0.140. The number of rotatable bonds is 10. The standard InChI is InChI=1S/C50H85N9O14/c1-41(2,3)73-40(69)59-47(14,15)34(63)53-46(12,13)36(65)58-49-23-21-29(27-49)71-25-19-20-26-72-30-22-24-50(28-30,38(67)56-44(8,9)33(62)54-48(16,17)39(68)70-18)57-35(64)45(10,11)52-31(60)42(4,5)51-32(61)43(6,7)55-37(49)66/h29-30H,19-28H2,1-18H3,(H,51,61)(H,52,60)(H,53,63)(H,54,62)(H,55,66)(H,56,67)(H,57,64)(H,58,65)(H,59,69)/t29-,30-,49-,50+/m0/s1. The predicted octanol–water partition coefficient (Wildman–Crippen LogP) is 1.47. The molecular formula is C50H85N9O14. The molecule has 2 aliphatic carbocycles. The van der Waals surface area contributed by atoms with Gasteiger partial charge in [0.15, 0.2) is 0 Å². The van der Waals surface area contributed by atoms with Gasteiger partial charge in [-0.25, -0.2) is 9.59 Å². The Labute approximate surface area is 430 Å². The second-order valence-electron chi connectivity index (χ2n) is 24.5. The molecule has 23 heteroatoms. The highest BCUT2D eigenvalue weighted by atomic mass is 16.6. The summed E-state index contributed by atoms with van der Waals surface area (Å²) in [6.07, 6.45) is 0.00686. The number of nitrogens with one attached hydrogen (secondary N) is 9. The Bertz CT molecular complexity index is 2160. The number of esters is 1. The Balaban J connectivity index is 1.93. The first-order chi connectivity index (χ1) is 33.0. The Morgan fingerprint density at radius 3 is 1.42 bits per heavy atom. The largest absolute Gasteiger partial charge is 0.467 e. The summed E-state index contributed by atoms with van der Waals surface area (Å²) in [5.41, 5.74) is -15.4. The van der Waals surface area contributed by atoms with Gasteiger partial charge in [0.05, 0.1) is 19.3 Å². The van der Waals surface area contributed by atoms with Crippen LogP contribution < -0.4 is 47.9 Å². The molecule has 1 aliphatic heterocycles. The van der Waals surface area contributed by atoms with E-state index in [1.807, 2.05) is 0 Å². The van der Waals surface area contributed by atoms with Crippen molar-refractivity contribution in [2.75, 3.05) is 20.3 Å². The Morgan fingerprint density at radius 1 is 0.534 bits per heavy atom. The van der Waals surface area contributed by atoms with E-state index in [4.69, 9.17) is 18.9 Å². The van der Waals surface area contributed by atoms with Gasteiger partial charge in [-0.15, -0.1) is 0 Å². The van der Waals surface area contributed by atoms with Gasteiger partial charge in [-0.1, -0.05) is 0 Å². The van der Waals surface area contributed by atoms with Crippen LogP contribution >= 0.6 is 0 Å². The third-order valence-electron chi connectivity index (χ3n) is 13.2.